The molecule has 0 bridgehead atoms. The topological polar surface area (TPSA) is 135 Å². The fourth-order valence-corrected chi connectivity index (χ4v) is 14.4. The molecule has 0 radical (unpaired) electrons. The van der Waals surface area contributed by atoms with Gasteiger partial charge in [-0.2, -0.15) is 6.42 Å². The van der Waals surface area contributed by atoms with E-state index < -0.39 is 50.9 Å². The second-order valence-electron chi connectivity index (χ2n) is 21.4. The summed E-state index contributed by atoms with van der Waals surface area (Å²) in [6.07, 6.45) is 15.0. The first-order valence-electron chi connectivity index (χ1n) is 27.3. The molecule has 1 aliphatic rings. The van der Waals surface area contributed by atoms with Crippen molar-refractivity contribution in [1.82, 2.24) is 0 Å². The quantitative estimate of drug-likeness (QED) is 0.0679. The van der Waals surface area contributed by atoms with Gasteiger partial charge in [0.15, 0.2) is 16.6 Å². The molecule has 38 heteroatoms. The Bertz CT molecular complexity index is 1370. The zero-order valence-electron chi connectivity index (χ0n) is 62.1. The first kappa shape index (κ1) is 163. The van der Waals surface area contributed by atoms with Gasteiger partial charge in [0.1, 0.15) is 0 Å². The van der Waals surface area contributed by atoms with E-state index in [9.17, 15) is 0 Å². The summed E-state index contributed by atoms with van der Waals surface area (Å²) in [6, 6.07) is 0.869. The van der Waals surface area contributed by atoms with Crippen LogP contribution >= 0.6 is 186 Å². The maximum atomic E-state index is 8.33. The Labute approximate surface area is 721 Å². The summed E-state index contributed by atoms with van der Waals surface area (Å²) in [5, 5.41) is 17.9. The van der Waals surface area contributed by atoms with Gasteiger partial charge in [-0.25, -0.2) is 24.8 Å². The van der Waals surface area contributed by atoms with E-state index in [1.165, 1.54) is 32.5 Å². The van der Waals surface area contributed by atoms with Crippen molar-refractivity contribution in [3.8, 4) is 0 Å². The van der Waals surface area contributed by atoms with Crippen molar-refractivity contribution in [3.63, 3.8) is 0 Å². The van der Waals surface area contributed by atoms with Crippen LogP contribution in [0.4, 0.5) is 0 Å². The Morgan fingerprint density at radius 3 is 0.766 bits per heavy atom. The van der Waals surface area contributed by atoms with Gasteiger partial charge in [0.2, 0.25) is 0 Å². The molecule has 0 aromatic carbocycles. The molecule has 0 aliphatic carbocycles. The van der Waals surface area contributed by atoms with E-state index in [4.69, 9.17) is 158 Å². The zero-order chi connectivity index (χ0) is 70.4. The summed E-state index contributed by atoms with van der Waals surface area (Å²) >= 11 is 5.81. The van der Waals surface area contributed by atoms with Gasteiger partial charge in [0.25, 0.3) is 0 Å². The van der Waals surface area contributed by atoms with E-state index in [1.807, 2.05) is 73.3 Å². The maximum absolute atomic E-state index is 8.33. The Balaban J connectivity index is -0.0000000305. The van der Waals surface area contributed by atoms with Crippen LogP contribution in [0, 0.1) is 29.2 Å². The molecule has 0 aromatic heterocycles. The molecule has 0 spiro atoms. The number of ether oxygens (including phenoxy) is 3. The predicted octanol–water partition coefficient (Wildman–Crippen LogP) is 28.4. The van der Waals surface area contributed by atoms with Crippen molar-refractivity contribution in [1.29, 1.82) is 0 Å². The molecule has 1 heterocycles. The fourth-order valence-electron chi connectivity index (χ4n) is 3.30. The van der Waals surface area contributed by atoms with Crippen LogP contribution in [0.5, 0.6) is 0 Å². The third kappa shape index (κ3) is 281. The summed E-state index contributed by atoms with van der Waals surface area (Å²) in [7, 11) is 53.6. The second-order valence-corrected chi connectivity index (χ2v) is 129. The average molecular weight is 2650 g/mol. The molecule has 0 atom stereocenters. The molecular formula is C56H134Cl18LiN6NiO5Si2W5-7. The average Bonchev–Trinajstić information content (AvgIpc) is 3.90. The van der Waals surface area contributed by atoms with Crippen LogP contribution in [0.3, 0.4) is 0 Å². The SMILES string of the molecule is C.C1CCOC1.CC(C)[N]=[W].CC(C)[N]=[W]([Cl])[Cl].CCC(C)(C)[N-]C=C[N-]C(C)(C)CC.CCC(C)(C)[N-]C=C[N-]C(C)(C)CC.CCOCC.CCOCC.C[Si](C)(C)O[Si](C)(C)C.Cl.Cl.Cl.Cl.ClCCl.[CH2-]CC.[CH3-].[CH3-].[CH3-].[Cl][W]([Cl])([Cl])([Cl])([Cl])[Cl].[Cl][W]([Cl])([Cl])[Cl].[Li+].[Ni].[O]=[W]. The summed E-state index contributed by atoms with van der Waals surface area (Å²) < 4.78 is 36.8. The monoisotopic (exact) mass is 2640 g/mol. The molecule has 11 nitrogen and oxygen atoms in total. The number of hydrogen-bond acceptors (Lipinski definition) is 7. The number of halogens is 18. The first-order valence-corrected chi connectivity index (χ1v) is 82.6. The predicted molar refractivity (Wildman–Crippen MR) is 435 cm³/mol. The van der Waals surface area contributed by atoms with E-state index in [-0.39, 0.29) is 142 Å². The minimum absolute atomic E-state index is 0. The van der Waals surface area contributed by atoms with E-state index in [1.54, 1.807) is 0 Å². The molecule has 1 rings (SSSR count). The van der Waals surface area contributed by atoms with Gasteiger partial charge in [-0.15, -0.1) is 95.0 Å². The molecule has 1 aliphatic heterocycles. The summed E-state index contributed by atoms with van der Waals surface area (Å²) in [5.74, 6) is 0. The summed E-state index contributed by atoms with van der Waals surface area (Å²) in [5.41, 5.74) is 0.176. The van der Waals surface area contributed by atoms with E-state index >= 15 is 0 Å². The van der Waals surface area contributed by atoms with Crippen LogP contribution in [-0.2, 0) is 112 Å². The Hall–Kier alpha value is 8.11. The fraction of sp³-hybridized carbons (Fsp3) is 0.857. The Morgan fingerprint density at radius 2 is 0.723 bits per heavy atom. The second kappa shape index (κ2) is 97.2. The van der Waals surface area contributed by atoms with Crippen molar-refractivity contribution < 1.29 is 131 Å². The molecule has 0 saturated carbocycles. The third-order valence-corrected chi connectivity index (χ3v) is 17.9. The van der Waals surface area contributed by atoms with Crippen LogP contribution in [0.1, 0.15) is 198 Å². The van der Waals surface area contributed by atoms with Crippen molar-refractivity contribution in [2.75, 3.05) is 45.0 Å². The van der Waals surface area contributed by atoms with Crippen LogP contribution < -0.4 is 18.9 Å². The van der Waals surface area contributed by atoms with E-state index in [0.29, 0.717) is 31.9 Å². The van der Waals surface area contributed by atoms with Gasteiger partial charge >= 0.3 is 256 Å². The van der Waals surface area contributed by atoms with Crippen molar-refractivity contribution in [2.24, 2.45) is 6.99 Å². The molecular weight excluding hydrogens is 2520 g/mol. The van der Waals surface area contributed by atoms with Gasteiger partial charge in [-0.1, -0.05) is 123 Å². The van der Waals surface area contributed by atoms with Gasteiger partial charge in [0.05, 0.1) is 5.34 Å². The molecule has 94 heavy (non-hydrogen) atoms. The molecule has 0 unspecified atom stereocenters. The summed E-state index contributed by atoms with van der Waals surface area (Å²) in [4.78, 5) is 0. The molecule has 1 saturated heterocycles. The van der Waals surface area contributed by atoms with Crippen LogP contribution in [-0.4, -0.2) is 95.9 Å². The van der Waals surface area contributed by atoms with Gasteiger partial charge in [-0.05, 0) is 79.8 Å². The van der Waals surface area contributed by atoms with Gasteiger partial charge in [0, 0.05) is 56.1 Å². The number of rotatable bonds is 20. The van der Waals surface area contributed by atoms with Gasteiger partial charge in [-0.3, -0.25) is 0 Å². The Morgan fingerprint density at radius 1 is 0.564 bits per heavy atom. The van der Waals surface area contributed by atoms with E-state index in [0.717, 1.165) is 71.7 Å². The molecule has 1 fully saturated rings. The van der Waals surface area contributed by atoms with Gasteiger partial charge < -0.3 is 68.8 Å². The summed E-state index contributed by atoms with van der Waals surface area (Å²) in [6.45, 7) is 66.0. The number of alkyl halides is 2. The van der Waals surface area contributed by atoms with Crippen LogP contribution in [0.25, 0.3) is 21.3 Å². The van der Waals surface area contributed by atoms with Crippen LogP contribution in [0.15, 0.2) is 31.8 Å². The van der Waals surface area contributed by atoms with E-state index in [2.05, 4.69) is 171 Å². The third-order valence-electron chi connectivity index (χ3n) is 8.05. The Kier molecular flexibility index (Phi) is 168. The molecule has 600 valence electrons. The van der Waals surface area contributed by atoms with Crippen molar-refractivity contribution >= 4 is 202 Å². The van der Waals surface area contributed by atoms with Crippen molar-refractivity contribution in [3.05, 3.63) is 75.3 Å². The molecule has 0 amide bonds. The molecule has 0 aromatic rings. The molecule has 0 N–H and O–H groups in total. The minimum atomic E-state index is -5.47. The standard InChI is InChI=1S/2C12H24N2.C6H18OSi2.C4H8O.2C4H10O.2C3H7N.C3H7.CH2Cl2.CH4.3CH3.16ClH.Li.Ni.O.5W/c2*1-7-11(3,4)13-9-10-14-12(5,6)8-2;1-8(2,3)7-9(4,5)6;1-2-4-5-3-1;2*1-3-5-4-2;2*1-3(2)4;1-3-2;2-1-3;;;;;;;;;;;;;;;;;;;;;;;;;;;;/h2*9-10H,7-8H2,1-6H3;1-6H3;1-4H2;2*3-4H2,1-2H3;2*3H,1-2H3;1,3H2,2H3;1H2;1H4;3*1H3;16*1H;;;;;;;;/q2*-2;;;;;;;-1;;;3*-1;;;;;;;;;;;;;;;;;+1;;;;;+2;+4;+6/p-12. The zero-order valence-corrected chi connectivity index (χ0v) is 93.6. The normalized spacial score (nSPS) is 11.7. The number of nitrogens with zero attached hydrogens (tertiary/aromatic N) is 6. The van der Waals surface area contributed by atoms with Crippen LogP contribution in [0.2, 0.25) is 39.3 Å². The number of hydrogen-bond donors (Lipinski definition) is 0. The van der Waals surface area contributed by atoms with Crippen molar-refractivity contribution in [2.45, 2.75) is 271 Å². The first-order chi connectivity index (χ1) is 37.4.